The van der Waals surface area contributed by atoms with Crippen molar-refractivity contribution in [3.05, 3.63) is 28.3 Å². The minimum absolute atomic E-state index is 0.847. The standard InChI is InChI=1S/C14H19ClN2/c1-16-14-7-11-4-5-17(8-10-2-3-10)9-12(11)6-13(14)15/h6-7,10,16H,2-5,8-9H2,1H3. The number of hydrogen-bond donors (Lipinski definition) is 1. The molecule has 1 N–H and O–H groups in total. The van der Waals surface area contributed by atoms with Gasteiger partial charge in [0.2, 0.25) is 0 Å². The Kier molecular flexibility index (Phi) is 3.01. The van der Waals surface area contributed by atoms with Crippen LogP contribution in [-0.2, 0) is 13.0 Å². The molecular weight excluding hydrogens is 232 g/mol. The summed E-state index contributed by atoms with van der Waals surface area (Å²) in [4.78, 5) is 2.58. The second-order valence-corrected chi connectivity index (χ2v) is 5.69. The highest BCUT2D eigenvalue weighted by Gasteiger charge is 2.26. The van der Waals surface area contributed by atoms with E-state index in [1.54, 1.807) is 0 Å². The summed E-state index contributed by atoms with van der Waals surface area (Å²) in [7, 11) is 1.93. The molecule has 2 aliphatic rings. The van der Waals surface area contributed by atoms with Crippen LogP contribution in [0.2, 0.25) is 5.02 Å². The van der Waals surface area contributed by atoms with Crippen molar-refractivity contribution >= 4 is 17.3 Å². The minimum Gasteiger partial charge on any atom is -0.387 e. The molecule has 1 saturated carbocycles. The highest BCUT2D eigenvalue weighted by atomic mass is 35.5. The summed E-state index contributed by atoms with van der Waals surface area (Å²) in [6.07, 6.45) is 4.03. The summed E-state index contributed by atoms with van der Waals surface area (Å²) in [6.45, 7) is 3.56. The first kappa shape index (κ1) is 11.4. The maximum absolute atomic E-state index is 6.25. The Morgan fingerprint density at radius 1 is 1.35 bits per heavy atom. The van der Waals surface area contributed by atoms with E-state index in [1.165, 1.54) is 37.1 Å². The van der Waals surface area contributed by atoms with Gasteiger partial charge in [-0.3, -0.25) is 4.90 Å². The van der Waals surface area contributed by atoms with Crippen molar-refractivity contribution in [2.45, 2.75) is 25.8 Å². The van der Waals surface area contributed by atoms with Crippen molar-refractivity contribution in [1.82, 2.24) is 4.90 Å². The molecule has 3 rings (SSSR count). The maximum Gasteiger partial charge on any atom is 0.0640 e. The van der Waals surface area contributed by atoms with Crippen LogP contribution in [0.3, 0.4) is 0 Å². The lowest BCUT2D eigenvalue weighted by atomic mass is 9.98. The molecule has 0 amide bonds. The summed E-state index contributed by atoms with van der Waals surface area (Å²) < 4.78 is 0. The first-order valence-electron chi connectivity index (χ1n) is 6.47. The van der Waals surface area contributed by atoms with Gasteiger partial charge in [-0.05, 0) is 48.4 Å². The lowest BCUT2D eigenvalue weighted by molar-refractivity contribution is 0.244. The van der Waals surface area contributed by atoms with Crippen molar-refractivity contribution in [3.63, 3.8) is 0 Å². The van der Waals surface area contributed by atoms with Gasteiger partial charge < -0.3 is 5.32 Å². The molecule has 17 heavy (non-hydrogen) atoms. The summed E-state index contributed by atoms with van der Waals surface area (Å²) in [5.74, 6) is 0.976. The number of nitrogens with one attached hydrogen (secondary N) is 1. The van der Waals surface area contributed by atoms with Gasteiger partial charge in [0, 0.05) is 26.7 Å². The molecule has 1 heterocycles. The lowest BCUT2D eigenvalue weighted by Gasteiger charge is -2.29. The Bertz CT molecular complexity index is 426. The fourth-order valence-corrected chi connectivity index (χ4v) is 2.93. The first-order valence-corrected chi connectivity index (χ1v) is 6.85. The van der Waals surface area contributed by atoms with Crippen LogP contribution in [0.4, 0.5) is 5.69 Å². The van der Waals surface area contributed by atoms with E-state index < -0.39 is 0 Å². The highest BCUT2D eigenvalue weighted by molar-refractivity contribution is 6.33. The fraction of sp³-hybridized carbons (Fsp3) is 0.571. The number of rotatable bonds is 3. The molecule has 0 bridgehead atoms. The van der Waals surface area contributed by atoms with Crippen LogP contribution in [0, 0.1) is 5.92 Å². The smallest absolute Gasteiger partial charge is 0.0640 e. The van der Waals surface area contributed by atoms with E-state index in [2.05, 4.69) is 22.3 Å². The number of fused-ring (bicyclic) bond motifs is 1. The van der Waals surface area contributed by atoms with Gasteiger partial charge >= 0.3 is 0 Å². The van der Waals surface area contributed by atoms with Crippen LogP contribution in [-0.4, -0.2) is 25.0 Å². The van der Waals surface area contributed by atoms with Gasteiger partial charge in [0.15, 0.2) is 0 Å². The summed E-state index contributed by atoms with van der Waals surface area (Å²) in [6, 6.07) is 4.36. The second kappa shape index (κ2) is 4.51. The maximum atomic E-state index is 6.25. The van der Waals surface area contributed by atoms with Crippen LogP contribution in [0.5, 0.6) is 0 Å². The first-order chi connectivity index (χ1) is 8.26. The van der Waals surface area contributed by atoms with E-state index in [4.69, 9.17) is 11.6 Å². The molecular formula is C14H19ClN2. The Hall–Kier alpha value is -0.730. The van der Waals surface area contributed by atoms with E-state index in [0.717, 1.165) is 29.6 Å². The lowest BCUT2D eigenvalue weighted by Crippen LogP contribution is -2.32. The molecule has 1 aliphatic heterocycles. The van der Waals surface area contributed by atoms with Crippen LogP contribution < -0.4 is 5.32 Å². The van der Waals surface area contributed by atoms with Gasteiger partial charge in [-0.2, -0.15) is 0 Å². The zero-order valence-corrected chi connectivity index (χ0v) is 11.1. The van der Waals surface area contributed by atoms with E-state index in [1.807, 2.05) is 7.05 Å². The molecule has 0 radical (unpaired) electrons. The summed E-state index contributed by atoms with van der Waals surface area (Å²) >= 11 is 6.25. The summed E-state index contributed by atoms with van der Waals surface area (Å²) in [5, 5.41) is 4.00. The number of halogens is 1. The zero-order valence-electron chi connectivity index (χ0n) is 10.3. The highest BCUT2D eigenvalue weighted by Crippen LogP contribution is 2.33. The Labute approximate surface area is 108 Å². The van der Waals surface area contributed by atoms with Crippen molar-refractivity contribution in [2.24, 2.45) is 5.92 Å². The number of benzene rings is 1. The summed E-state index contributed by atoms with van der Waals surface area (Å²) in [5.41, 5.74) is 3.94. The third-order valence-electron chi connectivity index (χ3n) is 3.86. The zero-order chi connectivity index (χ0) is 11.8. The van der Waals surface area contributed by atoms with Crippen LogP contribution in [0.1, 0.15) is 24.0 Å². The van der Waals surface area contributed by atoms with E-state index in [0.29, 0.717) is 0 Å². The van der Waals surface area contributed by atoms with Crippen LogP contribution >= 0.6 is 11.6 Å². The minimum atomic E-state index is 0.847. The number of nitrogens with zero attached hydrogens (tertiary/aromatic N) is 1. The van der Waals surface area contributed by atoms with Crippen LogP contribution in [0.15, 0.2) is 12.1 Å². The Morgan fingerprint density at radius 3 is 2.88 bits per heavy atom. The quantitative estimate of drug-likeness (QED) is 0.887. The third-order valence-corrected chi connectivity index (χ3v) is 4.18. The molecule has 1 fully saturated rings. The molecule has 2 nitrogen and oxygen atoms in total. The van der Waals surface area contributed by atoms with Gasteiger partial charge in [-0.15, -0.1) is 0 Å². The third kappa shape index (κ3) is 2.43. The van der Waals surface area contributed by atoms with E-state index >= 15 is 0 Å². The SMILES string of the molecule is CNc1cc2c(cc1Cl)CN(CC1CC1)CC2. The molecule has 92 valence electrons. The molecule has 0 saturated heterocycles. The van der Waals surface area contributed by atoms with Crippen LogP contribution in [0.25, 0.3) is 0 Å². The Morgan fingerprint density at radius 2 is 2.18 bits per heavy atom. The van der Waals surface area contributed by atoms with Gasteiger partial charge in [0.25, 0.3) is 0 Å². The molecule has 1 aliphatic carbocycles. The van der Waals surface area contributed by atoms with Gasteiger partial charge in [-0.1, -0.05) is 11.6 Å². The second-order valence-electron chi connectivity index (χ2n) is 5.28. The average molecular weight is 251 g/mol. The van der Waals surface area contributed by atoms with Crippen molar-refractivity contribution in [2.75, 3.05) is 25.5 Å². The Balaban J connectivity index is 1.79. The van der Waals surface area contributed by atoms with E-state index in [9.17, 15) is 0 Å². The predicted octanol–water partition coefficient (Wildman–Crippen LogP) is 3.15. The largest absolute Gasteiger partial charge is 0.387 e. The predicted molar refractivity (Wildman–Crippen MR) is 72.7 cm³/mol. The van der Waals surface area contributed by atoms with E-state index in [-0.39, 0.29) is 0 Å². The van der Waals surface area contributed by atoms with Gasteiger partial charge in [0.05, 0.1) is 10.7 Å². The van der Waals surface area contributed by atoms with Crippen molar-refractivity contribution in [3.8, 4) is 0 Å². The van der Waals surface area contributed by atoms with Gasteiger partial charge in [-0.25, -0.2) is 0 Å². The van der Waals surface area contributed by atoms with Gasteiger partial charge in [0.1, 0.15) is 0 Å². The number of anilines is 1. The molecule has 1 aromatic carbocycles. The molecule has 0 atom stereocenters. The molecule has 3 heteroatoms. The fourth-order valence-electron chi connectivity index (χ4n) is 2.65. The topological polar surface area (TPSA) is 15.3 Å². The number of hydrogen-bond acceptors (Lipinski definition) is 2. The van der Waals surface area contributed by atoms with Crippen molar-refractivity contribution < 1.29 is 0 Å². The average Bonchev–Trinajstić information content (AvgIpc) is 3.12. The molecule has 0 unspecified atom stereocenters. The van der Waals surface area contributed by atoms with Crippen molar-refractivity contribution in [1.29, 1.82) is 0 Å². The molecule has 0 aromatic heterocycles. The molecule has 1 aromatic rings. The molecule has 0 spiro atoms. The monoisotopic (exact) mass is 250 g/mol. The normalized spacial score (nSPS) is 20.1.